The van der Waals surface area contributed by atoms with Crippen LogP contribution in [0.4, 0.5) is 0 Å². The van der Waals surface area contributed by atoms with Gasteiger partial charge in [0.1, 0.15) is 11.2 Å². The molecule has 4 heteroatoms. The Hall–Kier alpha value is -1.81. The molecule has 0 aliphatic heterocycles. The summed E-state index contributed by atoms with van der Waals surface area (Å²) in [4.78, 5) is 12.0. The number of carbonyl (C=O) groups is 1. The quantitative estimate of drug-likeness (QED) is 0.638. The van der Waals surface area contributed by atoms with Crippen molar-refractivity contribution in [2.75, 3.05) is 20.8 Å². The number of aliphatic hydroxyl groups excluding tert-OH is 1. The third-order valence-electron chi connectivity index (χ3n) is 2.84. The number of carbonyl (C=O) groups excluding carboxylic acids is 1. The van der Waals surface area contributed by atoms with Crippen molar-refractivity contribution < 1.29 is 19.4 Å². The normalized spacial score (nSPS) is 14.2. The average molecular weight is 250 g/mol. The highest BCUT2D eigenvalue weighted by atomic mass is 16.5. The molecule has 0 aliphatic rings. The maximum absolute atomic E-state index is 12.0. The second kappa shape index (κ2) is 6.21. The smallest absolute Gasteiger partial charge is 0.322 e. The topological polar surface area (TPSA) is 55.8 Å². The van der Waals surface area contributed by atoms with Crippen molar-refractivity contribution in [3.63, 3.8) is 0 Å². The molecule has 1 N–H and O–H groups in total. The molecule has 0 aliphatic carbocycles. The molecule has 0 aromatic heterocycles. The van der Waals surface area contributed by atoms with E-state index in [1.165, 1.54) is 7.11 Å². The fraction of sp³-hybridized carbons (Fsp3) is 0.357. The van der Waals surface area contributed by atoms with Gasteiger partial charge in [-0.15, -0.1) is 0 Å². The van der Waals surface area contributed by atoms with Gasteiger partial charge in [-0.1, -0.05) is 24.3 Å². The summed E-state index contributed by atoms with van der Waals surface area (Å²) in [5.74, 6) is 0.120. The van der Waals surface area contributed by atoms with Crippen LogP contribution in [0.2, 0.25) is 0 Å². The van der Waals surface area contributed by atoms with Gasteiger partial charge < -0.3 is 14.6 Å². The summed E-state index contributed by atoms with van der Waals surface area (Å²) in [6.07, 6.45) is 3.35. The van der Waals surface area contributed by atoms with Crippen LogP contribution in [0, 0.1) is 0 Å². The van der Waals surface area contributed by atoms with Crippen LogP contribution in [0.3, 0.4) is 0 Å². The average Bonchev–Trinajstić information content (AvgIpc) is 2.44. The fourth-order valence-corrected chi connectivity index (χ4v) is 1.86. The van der Waals surface area contributed by atoms with E-state index in [2.05, 4.69) is 0 Å². The monoisotopic (exact) mass is 250 g/mol. The second-order valence-corrected chi connectivity index (χ2v) is 3.85. The summed E-state index contributed by atoms with van der Waals surface area (Å²) < 4.78 is 9.92. The molecule has 18 heavy (non-hydrogen) atoms. The predicted molar refractivity (Wildman–Crippen MR) is 68.6 cm³/mol. The number of aliphatic hydroxyl groups is 1. The number of methoxy groups -OCH3 is 2. The third kappa shape index (κ3) is 2.54. The molecule has 0 saturated heterocycles. The van der Waals surface area contributed by atoms with E-state index in [1.807, 2.05) is 0 Å². The summed E-state index contributed by atoms with van der Waals surface area (Å²) in [5.41, 5.74) is -0.549. The van der Waals surface area contributed by atoms with Gasteiger partial charge >= 0.3 is 5.97 Å². The van der Waals surface area contributed by atoms with Gasteiger partial charge in [0.05, 0.1) is 20.8 Å². The SMILES string of the molecule is CC=CC(CO)(C(=O)OC)c1cccc(OC)c1. The van der Waals surface area contributed by atoms with Gasteiger partial charge in [-0.25, -0.2) is 0 Å². The Labute approximate surface area is 107 Å². The van der Waals surface area contributed by atoms with Gasteiger partial charge in [0.2, 0.25) is 0 Å². The largest absolute Gasteiger partial charge is 0.497 e. The van der Waals surface area contributed by atoms with E-state index in [-0.39, 0.29) is 6.61 Å². The lowest BCUT2D eigenvalue weighted by Gasteiger charge is -2.26. The molecule has 1 atom stereocenters. The van der Waals surface area contributed by atoms with Crippen LogP contribution < -0.4 is 4.74 Å². The zero-order chi connectivity index (χ0) is 13.6. The molecule has 1 aromatic rings. The zero-order valence-corrected chi connectivity index (χ0v) is 10.8. The molecule has 0 amide bonds. The molecular weight excluding hydrogens is 232 g/mol. The van der Waals surface area contributed by atoms with E-state index in [4.69, 9.17) is 9.47 Å². The first-order valence-corrected chi connectivity index (χ1v) is 5.62. The number of hydrogen-bond acceptors (Lipinski definition) is 4. The molecule has 0 fully saturated rings. The standard InChI is InChI=1S/C14H18O4/c1-4-8-14(10-15,13(16)18-3)11-6-5-7-12(9-11)17-2/h4-9,15H,10H2,1-3H3. The molecule has 1 unspecified atom stereocenters. The van der Waals surface area contributed by atoms with Crippen molar-refractivity contribution in [2.24, 2.45) is 0 Å². The Kier molecular flexibility index (Phi) is 4.92. The van der Waals surface area contributed by atoms with E-state index >= 15 is 0 Å². The van der Waals surface area contributed by atoms with E-state index in [9.17, 15) is 9.90 Å². The number of rotatable bonds is 5. The van der Waals surface area contributed by atoms with Crippen molar-refractivity contribution in [1.82, 2.24) is 0 Å². The highest BCUT2D eigenvalue weighted by Crippen LogP contribution is 2.29. The Bertz CT molecular complexity index is 439. The lowest BCUT2D eigenvalue weighted by molar-refractivity contribution is -0.147. The molecular formula is C14H18O4. The van der Waals surface area contributed by atoms with Crippen LogP contribution in [0.5, 0.6) is 5.75 Å². The minimum absolute atomic E-state index is 0.364. The lowest BCUT2D eigenvalue weighted by atomic mass is 9.80. The van der Waals surface area contributed by atoms with E-state index < -0.39 is 11.4 Å². The minimum Gasteiger partial charge on any atom is -0.497 e. The van der Waals surface area contributed by atoms with E-state index in [1.54, 1.807) is 50.5 Å². The Morgan fingerprint density at radius 3 is 2.67 bits per heavy atom. The summed E-state index contributed by atoms with van der Waals surface area (Å²) >= 11 is 0. The van der Waals surface area contributed by atoms with Crippen LogP contribution >= 0.6 is 0 Å². The van der Waals surface area contributed by atoms with Gasteiger partial charge in [0.15, 0.2) is 0 Å². The van der Waals surface area contributed by atoms with Crippen molar-refractivity contribution in [2.45, 2.75) is 12.3 Å². The number of hydrogen-bond donors (Lipinski definition) is 1. The number of allylic oxidation sites excluding steroid dienone is 1. The molecule has 0 saturated carbocycles. The third-order valence-corrected chi connectivity index (χ3v) is 2.84. The van der Waals surface area contributed by atoms with Crippen LogP contribution in [0.15, 0.2) is 36.4 Å². The first-order valence-electron chi connectivity index (χ1n) is 5.62. The zero-order valence-electron chi connectivity index (χ0n) is 10.8. The molecule has 98 valence electrons. The molecule has 4 nitrogen and oxygen atoms in total. The predicted octanol–water partition coefficient (Wildman–Crippen LogP) is 1.67. The van der Waals surface area contributed by atoms with Crippen LogP contribution in [0.1, 0.15) is 12.5 Å². The van der Waals surface area contributed by atoms with Crippen molar-refractivity contribution >= 4 is 5.97 Å². The van der Waals surface area contributed by atoms with Crippen molar-refractivity contribution in [3.8, 4) is 5.75 Å². The number of esters is 1. The molecule has 1 aromatic carbocycles. The summed E-state index contributed by atoms with van der Waals surface area (Å²) in [6, 6.07) is 7.02. The number of benzene rings is 1. The van der Waals surface area contributed by atoms with Gasteiger partial charge in [-0.3, -0.25) is 4.79 Å². The van der Waals surface area contributed by atoms with Gasteiger partial charge in [-0.05, 0) is 24.6 Å². The highest BCUT2D eigenvalue weighted by Gasteiger charge is 2.38. The molecule has 0 radical (unpaired) electrons. The van der Waals surface area contributed by atoms with E-state index in [0.717, 1.165) is 0 Å². The fourth-order valence-electron chi connectivity index (χ4n) is 1.86. The first-order chi connectivity index (χ1) is 8.64. The van der Waals surface area contributed by atoms with Crippen molar-refractivity contribution in [1.29, 1.82) is 0 Å². The van der Waals surface area contributed by atoms with Gasteiger partial charge in [0.25, 0.3) is 0 Å². The summed E-state index contributed by atoms with van der Waals surface area (Å²) in [5, 5.41) is 9.63. The Morgan fingerprint density at radius 1 is 1.44 bits per heavy atom. The van der Waals surface area contributed by atoms with Crippen LogP contribution in [-0.4, -0.2) is 31.9 Å². The van der Waals surface area contributed by atoms with E-state index in [0.29, 0.717) is 11.3 Å². The van der Waals surface area contributed by atoms with Crippen LogP contribution in [0.25, 0.3) is 0 Å². The molecule has 0 heterocycles. The maximum atomic E-state index is 12.0. The van der Waals surface area contributed by atoms with Gasteiger partial charge in [0, 0.05) is 0 Å². The maximum Gasteiger partial charge on any atom is 0.322 e. The van der Waals surface area contributed by atoms with Crippen molar-refractivity contribution in [3.05, 3.63) is 42.0 Å². The molecule has 1 rings (SSSR count). The Morgan fingerprint density at radius 2 is 2.17 bits per heavy atom. The Balaban J connectivity index is 3.36. The molecule has 0 bridgehead atoms. The molecule has 0 spiro atoms. The lowest BCUT2D eigenvalue weighted by Crippen LogP contribution is -2.38. The van der Waals surface area contributed by atoms with Crippen LogP contribution in [-0.2, 0) is 14.9 Å². The highest BCUT2D eigenvalue weighted by molar-refractivity contribution is 5.86. The second-order valence-electron chi connectivity index (χ2n) is 3.85. The van der Waals surface area contributed by atoms with Gasteiger partial charge in [-0.2, -0.15) is 0 Å². The summed E-state index contributed by atoms with van der Waals surface area (Å²) in [7, 11) is 2.85. The first kappa shape index (κ1) is 14.3. The minimum atomic E-state index is -1.18. The summed E-state index contributed by atoms with van der Waals surface area (Å²) in [6.45, 7) is 1.42. The number of ether oxygens (including phenoxy) is 2.